The van der Waals surface area contributed by atoms with Crippen LogP contribution in [0.5, 0.6) is 5.75 Å². The number of nitrogens with one attached hydrogen (secondary N) is 1. The van der Waals surface area contributed by atoms with E-state index >= 15 is 0 Å². The van der Waals surface area contributed by atoms with Crippen molar-refractivity contribution in [3.8, 4) is 5.75 Å². The van der Waals surface area contributed by atoms with E-state index in [0.29, 0.717) is 22.7 Å². The normalized spacial score (nSPS) is 15.2. The van der Waals surface area contributed by atoms with Gasteiger partial charge in [-0.25, -0.2) is 4.79 Å². The second kappa shape index (κ2) is 14.7. The third-order valence-electron chi connectivity index (χ3n) is 8.34. The molecule has 0 saturated heterocycles. The van der Waals surface area contributed by atoms with E-state index in [2.05, 4.69) is 26.2 Å². The Bertz CT molecular complexity index is 1880. The summed E-state index contributed by atoms with van der Waals surface area (Å²) >= 11 is 3.64. The lowest BCUT2D eigenvalue weighted by molar-refractivity contribution is -0.130. The van der Waals surface area contributed by atoms with Crippen molar-refractivity contribution in [1.82, 2.24) is 15.2 Å². The number of nitrogens with zero attached hydrogens (tertiary/aromatic N) is 4. The van der Waals surface area contributed by atoms with E-state index in [9.17, 15) is 19.2 Å². The molecule has 0 radical (unpaired) electrons. The monoisotopic (exact) mass is 729 g/mol. The van der Waals surface area contributed by atoms with Gasteiger partial charge in [-0.1, -0.05) is 46.3 Å². The van der Waals surface area contributed by atoms with Gasteiger partial charge in [0.1, 0.15) is 23.4 Å². The molecule has 0 unspecified atom stereocenters. The van der Waals surface area contributed by atoms with Crippen LogP contribution in [0.3, 0.4) is 0 Å². The van der Waals surface area contributed by atoms with Crippen molar-refractivity contribution in [2.45, 2.75) is 58.3 Å². The molecule has 0 aliphatic carbocycles. The van der Waals surface area contributed by atoms with Crippen molar-refractivity contribution >= 4 is 61.9 Å². The fraction of sp³-hybridized carbons (Fsp3) is 0.324. The fourth-order valence-corrected chi connectivity index (χ4v) is 6.20. The van der Waals surface area contributed by atoms with Crippen LogP contribution >= 0.6 is 15.9 Å². The highest BCUT2D eigenvalue weighted by Gasteiger charge is 2.39. The van der Waals surface area contributed by atoms with Gasteiger partial charge in [0, 0.05) is 29.5 Å². The van der Waals surface area contributed by atoms with Gasteiger partial charge in [0.2, 0.25) is 11.8 Å². The van der Waals surface area contributed by atoms with Crippen LogP contribution in [-0.2, 0) is 32.1 Å². The van der Waals surface area contributed by atoms with Gasteiger partial charge in [-0.15, -0.1) is 0 Å². The maximum Gasteiger partial charge on any atom is 0.410 e. The van der Waals surface area contributed by atoms with Gasteiger partial charge < -0.3 is 24.6 Å². The van der Waals surface area contributed by atoms with Gasteiger partial charge in [0.15, 0.2) is 0 Å². The smallest absolute Gasteiger partial charge is 0.410 e. The summed E-state index contributed by atoms with van der Waals surface area (Å²) in [6, 6.07) is 18.2. The minimum atomic E-state index is -1.17. The number of methoxy groups -OCH3 is 1. The number of amides is 4. The Morgan fingerprint density at radius 3 is 2.43 bits per heavy atom. The topological polar surface area (TPSA) is 121 Å². The number of para-hydroxylation sites is 2. The number of hydrogen-bond acceptors (Lipinski definition) is 7. The number of carbonyl (C=O) groups is 4. The van der Waals surface area contributed by atoms with E-state index in [4.69, 9.17) is 9.47 Å². The highest BCUT2D eigenvalue weighted by atomic mass is 79.9. The Kier molecular flexibility index (Phi) is 10.6. The van der Waals surface area contributed by atoms with E-state index in [1.807, 2.05) is 36.4 Å². The largest absolute Gasteiger partial charge is 0.496 e. The summed E-state index contributed by atoms with van der Waals surface area (Å²) < 4.78 is 12.1. The highest BCUT2D eigenvalue weighted by Crippen LogP contribution is 2.38. The van der Waals surface area contributed by atoms with Crippen LogP contribution < -0.4 is 19.9 Å². The number of benzene rings is 3. The number of ether oxygens (including phenoxy) is 2. The number of halogens is 1. The number of aromatic nitrogens is 1. The first-order valence-corrected chi connectivity index (χ1v) is 16.7. The number of fused-ring (bicyclic) bond motifs is 2. The maximum atomic E-state index is 14.7. The molecular weight excluding hydrogens is 690 g/mol. The Morgan fingerprint density at radius 2 is 1.76 bits per heavy atom. The lowest BCUT2D eigenvalue weighted by Crippen LogP contribution is -2.57. The summed E-state index contributed by atoms with van der Waals surface area (Å²) in [5.74, 6) is -0.708. The van der Waals surface area contributed by atoms with Crippen molar-refractivity contribution < 1.29 is 28.7 Å². The molecule has 0 spiro atoms. The standard InChI is InChI=1S/C37H40BrN5O6/c1-23(41(5)36(47)49-37(2,3)4)34(45)40-29-22-42(33(44)19-24-11-10-18-39-20-24)30-14-7-8-15-31(30)43(35(29)46)21-27-25-12-9-13-28(38)26(25)16-17-32(27)48-6/h7-18,20,23,29H,19,21-22H2,1-6H3,(H,40,45)/t23-,29-/m0/s1. The summed E-state index contributed by atoms with van der Waals surface area (Å²) in [5, 5.41) is 4.67. The number of pyridine rings is 1. The SMILES string of the molecule is COc1ccc2c(Br)cccc2c1CN1C(=O)[C@@H](NC(=O)[C@H](C)N(C)C(=O)OC(C)(C)C)CN(C(=O)Cc2cccnc2)c2ccccc21. The highest BCUT2D eigenvalue weighted by molar-refractivity contribution is 9.10. The van der Waals surface area contributed by atoms with Crippen LogP contribution in [0, 0.1) is 0 Å². The van der Waals surface area contributed by atoms with Gasteiger partial charge >= 0.3 is 6.09 Å². The Morgan fingerprint density at radius 1 is 1.02 bits per heavy atom. The molecule has 0 bridgehead atoms. The number of carbonyl (C=O) groups excluding carboxylic acids is 4. The summed E-state index contributed by atoms with van der Waals surface area (Å²) in [4.78, 5) is 63.7. The lowest BCUT2D eigenvalue weighted by atomic mass is 10.0. The predicted molar refractivity (Wildman–Crippen MR) is 192 cm³/mol. The minimum Gasteiger partial charge on any atom is -0.496 e. The van der Waals surface area contributed by atoms with Crippen molar-refractivity contribution in [1.29, 1.82) is 0 Å². The molecule has 2 atom stereocenters. The van der Waals surface area contributed by atoms with Crippen LogP contribution in [0.2, 0.25) is 0 Å². The molecule has 49 heavy (non-hydrogen) atoms. The van der Waals surface area contributed by atoms with Crippen LogP contribution in [0.25, 0.3) is 10.8 Å². The molecule has 12 heteroatoms. The zero-order valence-corrected chi connectivity index (χ0v) is 30.0. The predicted octanol–water partition coefficient (Wildman–Crippen LogP) is 5.87. The molecule has 2 heterocycles. The quantitative estimate of drug-likeness (QED) is 0.241. The summed E-state index contributed by atoms with van der Waals surface area (Å²) in [7, 11) is 3.04. The van der Waals surface area contributed by atoms with Gasteiger partial charge in [-0.2, -0.15) is 0 Å². The number of anilines is 2. The van der Waals surface area contributed by atoms with E-state index in [1.165, 1.54) is 16.8 Å². The van der Waals surface area contributed by atoms with Gasteiger partial charge in [0.25, 0.3) is 5.91 Å². The van der Waals surface area contributed by atoms with Crippen LogP contribution in [0.1, 0.15) is 38.8 Å². The van der Waals surface area contributed by atoms with Gasteiger partial charge in [-0.3, -0.25) is 24.3 Å². The fourth-order valence-electron chi connectivity index (χ4n) is 5.70. The van der Waals surface area contributed by atoms with E-state index in [1.54, 1.807) is 82.4 Å². The Labute approximate surface area is 294 Å². The van der Waals surface area contributed by atoms with Crippen molar-refractivity contribution in [3.05, 3.63) is 94.7 Å². The summed E-state index contributed by atoms with van der Waals surface area (Å²) in [6.45, 7) is 6.70. The lowest BCUT2D eigenvalue weighted by Gasteiger charge is -2.30. The molecule has 0 saturated carbocycles. The zero-order chi connectivity index (χ0) is 35.5. The van der Waals surface area contributed by atoms with Gasteiger partial charge in [-0.05, 0) is 80.4 Å². The van der Waals surface area contributed by atoms with Crippen LogP contribution in [0.15, 0.2) is 83.6 Å². The zero-order valence-electron chi connectivity index (χ0n) is 28.4. The number of likely N-dealkylation sites (N-methyl/N-ethyl adjacent to an activating group) is 1. The van der Waals surface area contributed by atoms with E-state index < -0.39 is 35.6 Å². The third kappa shape index (κ3) is 7.86. The summed E-state index contributed by atoms with van der Waals surface area (Å²) in [5.41, 5.74) is 1.70. The average Bonchev–Trinajstić information content (AvgIpc) is 3.18. The molecule has 4 amide bonds. The molecule has 1 N–H and O–H groups in total. The Balaban J connectivity index is 1.57. The first-order chi connectivity index (χ1) is 23.3. The molecule has 1 aliphatic heterocycles. The average molecular weight is 731 g/mol. The molecule has 1 aromatic heterocycles. The molecule has 5 rings (SSSR count). The van der Waals surface area contributed by atoms with Gasteiger partial charge in [0.05, 0.1) is 38.0 Å². The molecule has 0 fully saturated rings. The first kappa shape index (κ1) is 35.3. The summed E-state index contributed by atoms with van der Waals surface area (Å²) in [6.07, 6.45) is 2.60. The Hall–Kier alpha value is -4.97. The van der Waals surface area contributed by atoms with Crippen molar-refractivity contribution in [3.63, 3.8) is 0 Å². The maximum absolute atomic E-state index is 14.7. The van der Waals surface area contributed by atoms with Crippen molar-refractivity contribution in [2.75, 3.05) is 30.5 Å². The van der Waals surface area contributed by atoms with Crippen molar-refractivity contribution in [2.24, 2.45) is 0 Å². The molecule has 256 valence electrons. The molecule has 3 aromatic carbocycles. The molecule has 1 aliphatic rings. The minimum absolute atomic E-state index is 0.0278. The van der Waals surface area contributed by atoms with Crippen LogP contribution in [0.4, 0.5) is 16.2 Å². The molecular formula is C37H40BrN5O6. The number of hydrogen-bond donors (Lipinski definition) is 1. The number of rotatable bonds is 8. The van der Waals surface area contributed by atoms with E-state index in [-0.39, 0.29) is 25.4 Å². The first-order valence-electron chi connectivity index (χ1n) is 15.9. The second-order valence-electron chi connectivity index (χ2n) is 12.9. The van der Waals surface area contributed by atoms with E-state index in [0.717, 1.165) is 20.8 Å². The molecule has 11 nitrogen and oxygen atoms in total. The third-order valence-corrected chi connectivity index (χ3v) is 9.03. The molecule has 4 aromatic rings. The van der Waals surface area contributed by atoms with Crippen LogP contribution in [-0.4, -0.2) is 72.1 Å². The second-order valence-corrected chi connectivity index (χ2v) is 13.7.